The van der Waals surface area contributed by atoms with Crippen LogP contribution in [0.1, 0.15) is 35.0 Å². The molecule has 0 aliphatic carbocycles. The van der Waals surface area contributed by atoms with E-state index in [1.807, 2.05) is 36.4 Å². The Morgan fingerprint density at radius 3 is 2.26 bits per heavy atom. The quantitative estimate of drug-likeness (QED) is 0.671. The van der Waals surface area contributed by atoms with Crippen molar-refractivity contribution in [1.82, 2.24) is 10.3 Å². The molecule has 1 aromatic heterocycles. The zero-order valence-corrected chi connectivity index (χ0v) is 16.0. The molecule has 0 bridgehead atoms. The number of nitrogens with one attached hydrogen (secondary N) is 2. The lowest BCUT2D eigenvalue weighted by Crippen LogP contribution is -2.32. The van der Waals surface area contributed by atoms with Crippen molar-refractivity contribution < 1.29 is 9.59 Å². The Morgan fingerprint density at radius 2 is 1.63 bits per heavy atom. The normalized spacial score (nSPS) is 10.6. The van der Waals surface area contributed by atoms with Crippen LogP contribution in [0.3, 0.4) is 0 Å². The van der Waals surface area contributed by atoms with E-state index in [9.17, 15) is 9.59 Å². The third kappa shape index (κ3) is 4.80. The highest BCUT2D eigenvalue weighted by atomic mass is 32.1. The lowest BCUT2D eigenvalue weighted by atomic mass is 10.1. The predicted molar refractivity (Wildman–Crippen MR) is 109 cm³/mol. The van der Waals surface area contributed by atoms with Crippen LogP contribution in [-0.2, 0) is 4.79 Å². The molecule has 3 aromatic rings. The van der Waals surface area contributed by atoms with Crippen molar-refractivity contribution in [3.05, 3.63) is 71.1 Å². The molecule has 0 aliphatic heterocycles. The zero-order valence-electron chi connectivity index (χ0n) is 15.2. The van der Waals surface area contributed by atoms with E-state index in [2.05, 4.69) is 29.5 Å². The molecule has 2 aromatic carbocycles. The largest absolute Gasteiger partial charge is 0.343 e. The van der Waals surface area contributed by atoms with Gasteiger partial charge in [0.2, 0.25) is 5.91 Å². The van der Waals surface area contributed by atoms with Crippen LogP contribution in [-0.4, -0.2) is 23.3 Å². The highest BCUT2D eigenvalue weighted by Crippen LogP contribution is 2.36. The topological polar surface area (TPSA) is 71.1 Å². The number of thiazole rings is 1. The van der Waals surface area contributed by atoms with Crippen LogP contribution in [0.5, 0.6) is 0 Å². The Balaban J connectivity index is 1.67. The van der Waals surface area contributed by atoms with Crippen molar-refractivity contribution in [1.29, 1.82) is 0 Å². The molecule has 0 atom stereocenters. The predicted octanol–water partition coefficient (Wildman–Crippen LogP) is 4.30. The van der Waals surface area contributed by atoms with E-state index in [4.69, 9.17) is 0 Å². The maximum absolute atomic E-state index is 12.2. The molecule has 1 heterocycles. The first-order valence-corrected chi connectivity index (χ1v) is 9.55. The van der Waals surface area contributed by atoms with Crippen LogP contribution >= 0.6 is 11.3 Å². The average Bonchev–Trinajstić information content (AvgIpc) is 3.11. The summed E-state index contributed by atoms with van der Waals surface area (Å²) in [6.45, 7) is 4.10. The van der Waals surface area contributed by atoms with Gasteiger partial charge < -0.3 is 10.6 Å². The van der Waals surface area contributed by atoms with E-state index in [-0.39, 0.29) is 18.4 Å². The molecule has 5 nitrogen and oxygen atoms in total. The summed E-state index contributed by atoms with van der Waals surface area (Å²) < 4.78 is 0. The first-order valence-electron chi connectivity index (χ1n) is 8.74. The smallest absolute Gasteiger partial charge is 0.251 e. The number of rotatable bonds is 6. The summed E-state index contributed by atoms with van der Waals surface area (Å²) in [5, 5.41) is 5.95. The summed E-state index contributed by atoms with van der Waals surface area (Å²) in [7, 11) is 0. The van der Waals surface area contributed by atoms with Gasteiger partial charge in [0, 0.05) is 16.0 Å². The highest BCUT2D eigenvalue weighted by Gasteiger charge is 2.17. The van der Waals surface area contributed by atoms with Gasteiger partial charge in [0.1, 0.15) is 0 Å². The van der Waals surface area contributed by atoms with Crippen molar-refractivity contribution in [2.24, 2.45) is 0 Å². The highest BCUT2D eigenvalue weighted by molar-refractivity contribution is 7.16. The fraction of sp³-hybridized carbons (Fsp3) is 0.190. The number of carbonyl (C=O) groups is 2. The summed E-state index contributed by atoms with van der Waals surface area (Å²) in [5.74, 6) is -0.290. The van der Waals surface area contributed by atoms with Crippen molar-refractivity contribution in [2.45, 2.75) is 19.8 Å². The van der Waals surface area contributed by atoms with Crippen molar-refractivity contribution in [3.63, 3.8) is 0 Å². The van der Waals surface area contributed by atoms with Gasteiger partial charge in [-0.15, -0.1) is 11.3 Å². The first kappa shape index (κ1) is 18.8. The molecule has 0 radical (unpaired) electrons. The van der Waals surface area contributed by atoms with E-state index in [0.29, 0.717) is 16.6 Å². The van der Waals surface area contributed by atoms with E-state index >= 15 is 0 Å². The van der Waals surface area contributed by atoms with Crippen molar-refractivity contribution >= 4 is 28.3 Å². The molecule has 3 rings (SSSR count). The van der Waals surface area contributed by atoms with Crippen molar-refractivity contribution in [3.8, 4) is 11.3 Å². The van der Waals surface area contributed by atoms with Gasteiger partial charge in [-0.2, -0.15) is 0 Å². The Labute approximate surface area is 162 Å². The van der Waals surface area contributed by atoms with Crippen LogP contribution < -0.4 is 10.6 Å². The molecule has 0 saturated heterocycles. The maximum atomic E-state index is 12.2. The molecule has 0 aliphatic rings. The van der Waals surface area contributed by atoms with Crippen LogP contribution in [0.4, 0.5) is 5.13 Å². The standard InChI is InChI=1S/C21H21N3O2S/c1-14(2)19-18(15-9-5-3-6-10-15)24-21(27-19)23-17(25)13-22-20(26)16-11-7-4-8-12-16/h3-12,14H,13H2,1-2H3,(H,22,26)(H,23,24,25). The molecule has 27 heavy (non-hydrogen) atoms. The summed E-state index contributed by atoms with van der Waals surface area (Å²) >= 11 is 1.47. The third-order valence-corrected chi connectivity index (χ3v) is 5.19. The van der Waals surface area contributed by atoms with Crippen molar-refractivity contribution in [2.75, 3.05) is 11.9 Å². The fourth-order valence-corrected chi connectivity index (χ4v) is 3.60. The second-order valence-corrected chi connectivity index (χ2v) is 7.38. The number of hydrogen-bond donors (Lipinski definition) is 2. The van der Waals surface area contributed by atoms with E-state index < -0.39 is 0 Å². The monoisotopic (exact) mass is 379 g/mol. The van der Waals surface area contributed by atoms with Gasteiger partial charge in [0.25, 0.3) is 5.91 Å². The van der Waals surface area contributed by atoms with Gasteiger partial charge in [0.05, 0.1) is 12.2 Å². The van der Waals surface area contributed by atoms with E-state index in [1.54, 1.807) is 24.3 Å². The SMILES string of the molecule is CC(C)c1sc(NC(=O)CNC(=O)c2ccccc2)nc1-c1ccccc1. The molecule has 0 unspecified atom stereocenters. The minimum absolute atomic E-state index is 0.106. The molecular weight excluding hydrogens is 358 g/mol. The van der Waals surface area contributed by atoms with Crippen LogP contribution in [0.2, 0.25) is 0 Å². The molecule has 6 heteroatoms. The molecular formula is C21H21N3O2S. The zero-order chi connectivity index (χ0) is 19.2. The number of nitrogens with zero attached hydrogens (tertiary/aromatic N) is 1. The summed E-state index contributed by atoms with van der Waals surface area (Å²) in [6, 6.07) is 18.7. The lowest BCUT2D eigenvalue weighted by Gasteiger charge is -2.05. The minimum atomic E-state index is -0.303. The maximum Gasteiger partial charge on any atom is 0.251 e. The number of anilines is 1. The number of hydrogen-bond acceptors (Lipinski definition) is 4. The van der Waals surface area contributed by atoms with Gasteiger partial charge in [-0.25, -0.2) is 4.98 Å². The lowest BCUT2D eigenvalue weighted by molar-refractivity contribution is -0.115. The second kappa shape index (κ2) is 8.60. The first-order chi connectivity index (χ1) is 13.0. The van der Waals surface area contributed by atoms with Crippen LogP contribution in [0.25, 0.3) is 11.3 Å². The van der Waals surface area contributed by atoms with Crippen LogP contribution in [0, 0.1) is 0 Å². The number of amides is 2. The Bertz CT molecular complexity index is 921. The Kier molecular flexibility index (Phi) is 5.98. The third-order valence-electron chi connectivity index (χ3n) is 3.92. The molecule has 0 spiro atoms. The summed E-state index contributed by atoms with van der Waals surface area (Å²) in [4.78, 5) is 30.0. The number of carbonyl (C=O) groups excluding carboxylic acids is 2. The van der Waals surface area contributed by atoms with Gasteiger partial charge >= 0.3 is 0 Å². The van der Waals surface area contributed by atoms with Gasteiger partial charge in [0.15, 0.2) is 5.13 Å². The van der Waals surface area contributed by atoms with Gasteiger partial charge in [-0.1, -0.05) is 62.4 Å². The summed E-state index contributed by atoms with van der Waals surface area (Å²) in [6.07, 6.45) is 0. The van der Waals surface area contributed by atoms with E-state index in [0.717, 1.165) is 16.1 Å². The molecule has 0 saturated carbocycles. The Hall–Kier alpha value is -2.99. The average molecular weight is 379 g/mol. The number of aromatic nitrogens is 1. The molecule has 0 fully saturated rings. The fourth-order valence-electron chi connectivity index (χ4n) is 2.60. The Morgan fingerprint density at radius 1 is 1.00 bits per heavy atom. The van der Waals surface area contributed by atoms with Crippen LogP contribution in [0.15, 0.2) is 60.7 Å². The molecule has 2 N–H and O–H groups in total. The molecule has 2 amide bonds. The minimum Gasteiger partial charge on any atom is -0.343 e. The summed E-state index contributed by atoms with van der Waals surface area (Å²) in [5.41, 5.74) is 2.43. The molecule has 138 valence electrons. The number of benzene rings is 2. The van der Waals surface area contributed by atoms with E-state index in [1.165, 1.54) is 11.3 Å². The van der Waals surface area contributed by atoms with Gasteiger partial charge in [-0.05, 0) is 18.1 Å². The van der Waals surface area contributed by atoms with Gasteiger partial charge in [-0.3, -0.25) is 9.59 Å². The second-order valence-electron chi connectivity index (χ2n) is 6.35.